The zero-order valence-electron chi connectivity index (χ0n) is 20.6. The second-order valence-corrected chi connectivity index (χ2v) is 8.41. The van der Waals surface area contributed by atoms with Crippen molar-refractivity contribution in [3.05, 3.63) is 89.5 Å². The van der Waals surface area contributed by atoms with Gasteiger partial charge in [-0.25, -0.2) is 0 Å². The van der Waals surface area contributed by atoms with Crippen LogP contribution in [0, 0.1) is 0 Å². The SMILES string of the molecule is CCOc1ccc(/C(O)=C2\C(=O)C(=O)N(c3ccc(N(CC)CC)cc3)C2c2ccc(O)cc2)cc1. The summed E-state index contributed by atoms with van der Waals surface area (Å²) < 4.78 is 5.47. The number of phenols is 1. The number of hydrogen-bond donors (Lipinski definition) is 2. The van der Waals surface area contributed by atoms with Gasteiger partial charge in [-0.2, -0.15) is 0 Å². The number of phenolic OH excluding ortho intramolecular Hbond substituents is 1. The Hall–Kier alpha value is -4.26. The van der Waals surface area contributed by atoms with Crippen molar-refractivity contribution in [3.8, 4) is 11.5 Å². The smallest absolute Gasteiger partial charge is 0.300 e. The zero-order valence-corrected chi connectivity index (χ0v) is 20.6. The highest BCUT2D eigenvalue weighted by Crippen LogP contribution is 2.42. The van der Waals surface area contributed by atoms with Gasteiger partial charge in [0.2, 0.25) is 0 Å². The highest BCUT2D eigenvalue weighted by molar-refractivity contribution is 6.51. The fourth-order valence-corrected chi connectivity index (χ4v) is 4.51. The Bertz CT molecular complexity index is 1260. The van der Waals surface area contributed by atoms with Crippen molar-refractivity contribution in [1.29, 1.82) is 0 Å². The minimum absolute atomic E-state index is 0.0114. The number of benzene rings is 3. The predicted octanol–water partition coefficient (Wildman–Crippen LogP) is 5.26. The van der Waals surface area contributed by atoms with Gasteiger partial charge in [-0.1, -0.05) is 12.1 Å². The maximum absolute atomic E-state index is 13.3. The summed E-state index contributed by atoms with van der Waals surface area (Å²) in [5.74, 6) is -1.07. The third-order valence-electron chi connectivity index (χ3n) is 6.35. The Morgan fingerprint density at radius 2 is 1.50 bits per heavy atom. The van der Waals surface area contributed by atoms with Gasteiger partial charge in [0.15, 0.2) is 0 Å². The number of ether oxygens (including phenoxy) is 1. The normalized spacial score (nSPS) is 16.9. The van der Waals surface area contributed by atoms with Crippen molar-refractivity contribution in [2.45, 2.75) is 26.8 Å². The number of aliphatic hydroxyl groups excluding tert-OH is 1. The first-order chi connectivity index (χ1) is 17.4. The van der Waals surface area contributed by atoms with E-state index in [9.17, 15) is 19.8 Å². The molecule has 7 nitrogen and oxygen atoms in total. The minimum atomic E-state index is -0.864. The quantitative estimate of drug-likeness (QED) is 0.256. The largest absolute Gasteiger partial charge is 0.508 e. The zero-order chi connectivity index (χ0) is 25.8. The molecule has 0 saturated carbocycles. The van der Waals surface area contributed by atoms with E-state index >= 15 is 0 Å². The number of carbonyl (C=O) groups excluding carboxylic acids is 2. The van der Waals surface area contributed by atoms with Crippen LogP contribution in [0.1, 0.15) is 37.9 Å². The van der Waals surface area contributed by atoms with Crippen molar-refractivity contribution in [1.82, 2.24) is 0 Å². The van der Waals surface area contributed by atoms with Crippen molar-refractivity contribution < 1.29 is 24.5 Å². The first-order valence-electron chi connectivity index (χ1n) is 12.1. The van der Waals surface area contributed by atoms with Crippen LogP contribution < -0.4 is 14.5 Å². The predicted molar refractivity (Wildman–Crippen MR) is 141 cm³/mol. The van der Waals surface area contributed by atoms with Crippen LogP contribution in [-0.2, 0) is 9.59 Å². The average molecular weight is 487 g/mol. The van der Waals surface area contributed by atoms with E-state index in [1.165, 1.54) is 17.0 Å². The molecule has 1 amide bonds. The van der Waals surface area contributed by atoms with E-state index < -0.39 is 17.7 Å². The number of amides is 1. The van der Waals surface area contributed by atoms with E-state index in [0.717, 1.165) is 18.8 Å². The number of carbonyl (C=O) groups is 2. The van der Waals surface area contributed by atoms with E-state index in [4.69, 9.17) is 4.74 Å². The summed E-state index contributed by atoms with van der Waals surface area (Å²) in [6.07, 6.45) is 0. The van der Waals surface area contributed by atoms with Gasteiger partial charge in [-0.05, 0) is 87.0 Å². The lowest BCUT2D eigenvalue weighted by atomic mass is 9.95. The van der Waals surface area contributed by atoms with Gasteiger partial charge in [-0.15, -0.1) is 0 Å². The summed E-state index contributed by atoms with van der Waals surface area (Å²) in [6.45, 7) is 8.21. The Morgan fingerprint density at radius 1 is 0.889 bits per heavy atom. The summed E-state index contributed by atoms with van der Waals surface area (Å²) in [5, 5.41) is 21.1. The summed E-state index contributed by atoms with van der Waals surface area (Å²) >= 11 is 0. The van der Waals surface area contributed by atoms with Gasteiger partial charge in [0.1, 0.15) is 17.3 Å². The molecule has 1 unspecified atom stereocenters. The Balaban J connectivity index is 1.83. The molecule has 36 heavy (non-hydrogen) atoms. The van der Waals surface area contributed by atoms with Crippen LogP contribution in [0.4, 0.5) is 11.4 Å². The molecule has 1 heterocycles. The summed E-state index contributed by atoms with van der Waals surface area (Å²) in [7, 11) is 0. The minimum Gasteiger partial charge on any atom is -0.508 e. The van der Waals surface area contributed by atoms with Crippen LogP contribution in [0.15, 0.2) is 78.4 Å². The van der Waals surface area contributed by atoms with E-state index in [1.807, 2.05) is 31.2 Å². The Morgan fingerprint density at radius 3 is 2.06 bits per heavy atom. The number of Topliss-reactive ketones (excluding diaryl/α,β-unsaturated/α-hetero) is 1. The van der Waals surface area contributed by atoms with Gasteiger partial charge in [0, 0.05) is 30.0 Å². The van der Waals surface area contributed by atoms with Crippen LogP contribution in [0.25, 0.3) is 5.76 Å². The monoisotopic (exact) mass is 486 g/mol. The van der Waals surface area contributed by atoms with Crippen molar-refractivity contribution in [2.24, 2.45) is 0 Å². The lowest BCUT2D eigenvalue weighted by molar-refractivity contribution is -0.132. The van der Waals surface area contributed by atoms with Crippen LogP contribution in [-0.4, -0.2) is 41.6 Å². The molecule has 1 aliphatic heterocycles. The molecule has 2 N–H and O–H groups in total. The molecule has 0 aliphatic carbocycles. The molecule has 3 aromatic rings. The van der Waals surface area contributed by atoms with Crippen LogP contribution in [0.3, 0.4) is 0 Å². The van der Waals surface area contributed by atoms with Crippen molar-refractivity contribution in [3.63, 3.8) is 0 Å². The van der Waals surface area contributed by atoms with Gasteiger partial charge < -0.3 is 19.8 Å². The first-order valence-corrected chi connectivity index (χ1v) is 12.1. The molecular formula is C29H30N2O5. The third-order valence-corrected chi connectivity index (χ3v) is 6.35. The highest BCUT2D eigenvalue weighted by Gasteiger charge is 2.47. The number of aromatic hydroxyl groups is 1. The van der Waals surface area contributed by atoms with Crippen molar-refractivity contribution >= 4 is 28.8 Å². The summed E-state index contributed by atoms with van der Waals surface area (Å²) in [6, 6.07) is 19.6. The molecule has 3 aromatic carbocycles. The van der Waals surface area contributed by atoms with E-state index in [2.05, 4.69) is 18.7 Å². The lowest BCUT2D eigenvalue weighted by Gasteiger charge is -2.27. The topological polar surface area (TPSA) is 90.3 Å². The molecule has 1 saturated heterocycles. The van der Waals surface area contributed by atoms with Gasteiger partial charge in [0.05, 0.1) is 18.2 Å². The molecule has 1 fully saturated rings. The van der Waals surface area contributed by atoms with Gasteiger partial charge in [-0.3, -0.25) is 14.5 Å². The molecule has 1 atom stereocenters. The van der Waals surface area contributed by atoms with E-state index in [1.54, 1.807) is 36.4 Å². The fourth-order valence-electron chi connectivity index (χ4n) is 4.51. The van der Waals surface area contributed by atoms with E-state index in [0.29, 0.717) is 29.2 Å². The molecule has 0 aromatic heterocycles. The summed E-state index contributed by atoms with van der Waals surface area (Å²) in [4.78, 5) is 30.2. The van der Waals surface area contributed by atoms with Crippen LogP contribution >= 0.6 is 0 Å². The number of hydrogen-bond acceptors (Lipinski definition) is 6. The fraction of sp³-hybridized carbons (Fsp3) is 0.241. The molecule has 186 valence electrons. The van der Waals surface area contributed by atoms with Gasteiger partial charge >= 0.3 is 0 Å². The molecular weight excluding hydrogens is 456 g/mol. The average Bonchev–Trinajstić information content (AvgIpc) is 3.16. The number of nitrogens with zero attached hydrogens (tertiary/aromatic N) is 2. The van der Waals surface area contributed by atoms with Gasteiger partial charge in [0.25, 0.3) is 11.7 Å². The molecule has 0 bridgehead atoms. The maximum atomic E-state index is 13.3. The number of rotatable bonds is 8. The molecule has 4 rings (SSSR count). The summed E-state index contributed by atoms with van der Waals surface area (Å²) in [5.41, 5.74) is 2.53. The first kappa shape index (κ1) is 24.9. The standard InChI is InChI=1S/C29H30N2O5/c1-4-30(5-2)21-11-13-22(14-12-21)31-26(19-7-15-23(32)16-8-19)25(28(34)29(31)35)27(33)20-9-17-24(18-10-20)36-6-3/h7-18,26,32-33H,4-6H2,1-3H3/b27-25+. The Labute approximate surface area is 210 Å². The number of ketones is 1. The molecule has 0 radical (unpaired) electrons. The Kier molecular flexibility index (Phi) is 7.29. The molecule has 1 aliphatic rings. The van der Waals surface area contributed by atoms with Crippen molar-refractivity contribution in [2.75, 3.05) is 29.5 Å². The van der Waals surface area contributed by atoms with Crippen LogP contribution in [0.5, 0.6) is 11.5 Å². The number of anilines is 2. The third kappa shape index (κ3) is 4.64. The second kappa shape index (κ2) is 10.6. The molecule has 7 heteroatoms. The highest BCUT2D eigenvalue weighted by atomic mass is 16.5. The van der Waals surface area contributed by atoms with Crippen LogP contribution in [0.2, 0.25) is 0 Å². The second-order valence-electron chi connectivity index (χ2n) is 8.41. The number of aliphatic hydroxyl groups is 1. The maximum Gasteiger partial charge on any atom is 0.300 e. The van der Waals surface area contributed by atoms with E-state index in [-0.39, 0.29) is 17.1 Å². The molecule has 0 spiro atoms. The lowest BCUT2D eigenvalue weighted by Crippen LogP contribution is -2.29.